The molecular weight excluding hydrogens is 228 g/mol. The van der Waals surface area contributed by atoms with Crippen LogP contribution < -0.4 is 15.2 Å². The minimum atomic E-state index is 0.0954. The number of nitrogen functional groups attached to an aromatic ring is 1. The lowest BCUT2D eigenvalue weighted by Crippen LogP contribution is -2.05. The predicted octanol–water partition coefficient (Wildman–Crippen LogP) is 3.24. The lowest BCUT2D eigenvalue weighted by atomic mass is 10.3. The Balaban J connectivity index is 2.20. The zero-order valence-electron chi connectivity index (χ0n) is 10.5. The van der Waals surface area contributed by atoms with Crippen LogP contribution in [0.3, 0.4) is 0 Å². The summed E-state index contributed by atoms with van der Waals surface area (Å²) >= 11 is 0. The molecule has 18 heavy (non-hydrogen) atoms. The van der Waals surface area contributed by atoms with E-state index in [4.69, 9.17) is 15.2 Å². The number of hydrogen-bond donors (Lipinski definition) is 1. The molecule has 1 aromatic heterocycles. The van der Waals surface area contributed by atoms with E-state index >= 15 is 0 Å². The lowest BCUT2D eigenvalue weighted by molar-refractivity contribution is 0.242. The average Bonchev–Trinajstić information content (AvgIpc) is 2.28. The summed E-state index contributed by atoms with van der Waals surface area (Å²) in [6, 6.07) is 8.98. The third-order valence-corrected chi connectivity index (χ3v) is 2.14. The van der Waals surface area contributed by atoms with Gasteiger partial charge in [-0.25, -0.2) is 0 Å². The van der Waals surface area contributed by atoms with Crippen molar-refractivity contribution in [2.75, 3.05) is 5.73 Å². The van der Waals surface area contributed by atoms with Crippen molar-refractivity contribution in [3.63, 3.8) is 0 Å². The third-order valence-electron chi connectivity index (χ3n) is 2.14. The quantitative estimate of drug-likeness (QED) is 0.839. The van der Waals surface area contributed by atoms with Gasteiger partial charge >= 0.3 is 0 Å². The first-order valence-electron chi connectivity index (χ1n) is 5.78. The highest BCUT2D eigenvalue weighted by Gasteiger charge is 2.04. The fourth-order valence-electron chi connectivity index (χ4n) is 1.54. The van der Waals surface area contributed by atoms with E-state index < -0.39 is 0 Å². The second kappa shape index (κ2) is 5.40. The van der Waals surface area contributed by atoms with Gasteiger partial charge in [0.2, 0.25) is 0 Å². The number of rotatable bonds is 4. The Morgan fingerprint density at radius 3 is 2.56 bits per heavy atom. The number of aromatic nitrogens is 1. The summed E-state index contributed by atoms with van der Waals surface area (Å²) in [5.74, 6) is 2.00. The number of ether oxygens (including phenoxy) is 2. The number of anilines is 1. The zero-order chi connectivity index (χ0) is 13.0. The maximum atomic E-state index is 5.81. The third kappa shape index (κ3) is 3.38. The van der Waals surface area contributed by atoms with Crippen LogP contribution in [0, 0.1) is 0 Å². The van der Waals surface area contributed by atoms with Crippen LogP contribution in [0.4, 0.5) is 5.69 Å². The summed E-state index contributed by atoms with van der Waals surface area (Å²) in [5.41, 5.74) is 6.42. The van der Waals surface area contributed by atoms with Crippen LogP contribution >= 0.6 is 0 Å². The van der Waals surface area contributed by atoms with Crippen molar-refractivity contribution in [1.29, 1.82) is 0 Å². The molecule has 0 aliphatic carbocycles. The average molecular weight is 244 g/mol. The molecule has 0 amide bonds. The second-order valence-corrected chi connectivity index (χ2v) is 4.20. The molecular formula is C14H16N2O2. The summed E-state index contributed by atoms with van der Waals surface area (Å²) in [5, 5.41) is 0. The normalized spacial score (nSPS) is 10.4. The molecule has 4 nitrogen and oxygen atoms in total. The summed E-state index contributed by atoms with van der Waals surface area (Å²) in [6.45, 7) is 3.93. The number of hydrogen-bond acceptors (Lipinski definition) is 4. The molecule has 1 aromatic carbocycles. The van der Waals surface area contributed by atoms with Gasteiger partial charge in [-0.2, -0.15) is 0 Å². The molecule has 0 spiro atoms. The molecule has 1 heterocycles. The minimum absolute atomic E-state index is 0.0954. The zero-order valence-corrected chi connectivity index (χ0v) is 10.5. The molecule has 94 valence electrons. The van der Waals surface area contributed by atoms with E-state index in [0.717, 1.165) is 0 Å². The van der Waals surface area contributed by atoms with Crippen molar-refractivity contribution in [1.82, 2.24) is 4.98 Å². The van der Waals surface area contributed by atoms with Gasteiger partial charge in [-0.15, -0.1) is 0 Å². The molecule has 0 bridgehead atoms. The standard InChI is InChI=1S/C14H16N2O2/c1-10(2)17-13-6-11(15)7-14(8-13)18-12-4-3-5-16-9-12/h3-10H,15H2,1-2H3. The molecule has 2 N–H and O–H groups in total. The number of nitrogens with zero attached hydrogens (tertiary/aromatic N) is 1. The maximum absolute atomic E-state index is 5.81. The van der Waals surface area contributed by atoms with Crippen LogP contribution in [0.15, 0.2) is 42.7 Å². The highest BCUT2D eigenvalue weighted by Crippen LogP contribution is 2.28. The summed E-state index contributed by atoms with van der Waals surface area (Å²) in [4.78, 5) is 3.99. The van der Waals surface area contributed by atoms with Crippen LogP contribution in [0.1, 0.15) is 13.8 Å². The molecule has 0 aliphatic rings. The lowest BCUT2D eigenvalue weighted by Gasteiger charge is -2.12. The van der Waals surface area contributed by atoms with E-state index in [-0.39, 0.29) is 6.10 Å². The van der Waals surface area contributed by atoms with Crippen LogP contribution in [0.2, 0.25) is 0 Å². The molecule has 2 rings (SSSR count). The van der Waals surface area contributed by atoms with Gasteiger partial charge in [0.25, 0.3) is 0 Å². The number of benzene rings is 1. The highest BCUT2D eigenvalue weighted by molar-refractivity contribution is 5.51. The van der Waals surface area contributed by atoms with Crippen LogP contribution in [0.25, 0.3) is 0 Å². The minimum Gasteiger partial charge on any atom is -0.491 e. The maximum Gasteiger partial charge on any atom is 0.145 e. The Morgan fingerprint density at radius 2 is 1.89 bits per heavy atom. The van der Waals surface area contributed by atoms with Gasteiger partial charge < -0.3 is 15.2 Å². The SMILES string of the molecule is CC(C)Oc1cc(N)cc(Oc2cccnc2)c1. The van der Waals surface area contributed by atoms with E-state index in [1.165, 1.54) is 0 Å². The molecule has 0 saturated heterocycles. The summed E-state index contributed by atoms with van der Waals surface area (Å²) in [7, 11) is 0. The molecule has 0 fully saturated rings. The van der Waals surface area contributed by atoms with Crippen LogP contribution in [0.5, 0.6) is 17.2 Å². The van der Waals surface area contributed by atoms with Gasteiger partial charge in [0.05, 0.1) is 12.3 Å². The van der Waals surface area contributed by atoms with Gasteiger partial charge in [0.15, 0.2) is 0 Å². The fraction of sp³-hybridized carbons (Fsp3) is 0.214. The van der Waals surface area contributed by atoms with Gasteiger partial charge in [-0.1, -0.05) is 0 Å². The number of pyridine rings is 1. The van der Waals surface area contributed by atoms with E-state index in [1.54, 1.807) is 24.5 Å². The Kier molecular flexibility index (Phi) is 3.67. The topological polar surface area (TPSA) is 57.4 Å². The first-order chi connectivity index (χ1) is 8.63. The van der Waals surface area contributed by atoms with E-state index in [9.17, 15) is 0 Å². The summed E-state index contributed by atoms with van der Waals surface area (Å²) < 4.78 is 11.3. The molecule has 0 aliphatic heterocycles. The fourth-order valence-corrected chi connectivity index (χ4v) is 1.54. The molecule has 0 saturated carbocycles. The van der Waals surface area contributed by atoms with Crippen LogP contribution in [-0.2, 0) is 0 Å². The first kappa shape index (κ1) is 12.2. The van der Waals surface area contributed by atoms with Gasteiger partial charge in [-0.05, 0) is 26.0 Å². The van der Waals surface area contributed by atoms with Gasteiger partial charge in [-0.3, -0.25) is 4.98 Å². The van der Waals surface area contributed by atoms with E-state index in [0.29, 0.717) is 22.9 Å². The molecule has 0 unspecified atom stereocenters. The number of nitrogens with two attached hydrogens (primary N) is 1. The summed E-state index contributed by atoms with van der Waals surface area (Å²) in [6.07, 6.45) is 3.43. The second-order valence-electron chi connectivity index (χ2n) is 4.20. The molecule has 4 heteroatoms. The molecule has 0 radical (unpaired) electrons. The Labute approximate surface area is 106 Å². The van der Waals surface area contributed by atoms with E-state index in [1.807, 2.05) is 32.0 Å². The molecule has 2 aromatic rings. The predicted molar refractivity (Wildman–Crippen MR) is 70.9 cm³/mol. The highest BCUT2D eigenvalue weighted by atomic mass is 16.5. The van der Waals surface area contributed by atoms with Gasteiger partial charge in [0.1, 0.15) is 17.2 Å². The van der Waals surface area contributed by atoms with Crippen molar-refractivity contribution >= 4 is 5.69 Å². The van der Waals surface area contributed by atoms with Crippen molar-refractivity contribution in [3.8, 4) is 17.2 Å². The van der Waals surface area contributed by atoms with Crippen molar-refractivity contribution in [3.05, 3.63) is 42.7 Å². The Morgan fingerprint density at radius 1 is 1.11 bits per heavy atom. The van der Waals surface area contributed by atoms with Crippen molar-refractivity contribution < 1.29 is 9.47 Å². The van der Waals surface area contributed by atoms with Gasteiger partial charge in [0, 0.05) is 30.1 Å². The van der Waals surface area contributed by atoms with Crippen LogP contribution in [-0.4, -0.2) is 11.1 Å². The van der Waals surface area contributed by atoms with Crippen molar-refractivity contribution in [2.45, 2.75) is 20.0 Å². The van der Waals surface area contributed by atoms with E-state index in [2.05, 4.69) is 4.98 Å². The largest absolute Gasteiger partial charge is 0.491 e. The van der Waals surface area contributed by atoms with Crippen molar-refractivity contribution in [2.24, 2.45) is 0 Å². The molecule has 0 atom stereocenters. The Bertz CT molecular complexity index is 512. The Hall–Kier alpha value is -2.23. The smallest absolute Gasteiger partial charge is 0.145 e. The first-order valence-corrected chi connectivity index (χ1v) is 5.78. The monoisotopic (exact) mass is 244 g/mol.